The molecule has 130 valence electrons. The van der Waals surface area contributed by atoms with E-state index < -0.39 is 0 Å². The lowest BCUT2D eigenvalue weighted by Gasteiger charge is -2.33. The van der Waals surface area contributed by atoms with Crippen LogP contribution in [-0.2, 0) is 11.2 Å². The summed E-state index contributed by atoms with van der Waals surface area (Å²) in [5.74, 6) is 1.11. The number of para-hydroxylation sites is 2. The van der Waals surface area contributed by atoms with Crippen molar-refractivity contribution in [1.29, 1.82) is 0 Å². The molecule has 0 radical (unpaired) electrons. The van der Waals surface area contributed by atoms with Gasteiger partial charge in [-0.3, -0.25) is 9.69 Å². The van der Waals surface area contributed by atoms with Gasteiger partial charge in [-0.15, -0.1) is 0 Å². The highest BCUT2D eigenvalue weighted by atomic mass is 16.1. The second-order valence-corrected chi connectivity index (χ2v) is 6.78. The van der Waals surface area contributed by atoms with E-state index in [9.17, 15) is 4.79 Å². The van der Waals surface area contributed by atoms with Crippen molar-refractivity contribution in [3.05, 3.63) is 30.1 Å². The van der Waals surface area contributed by atoms with E-state index >= 15 is 0 Å². The van der Waals surface area contributed by atoms with E-state index in [2.05, 4.69) is 27.1 Å². The minimum atomic E-state index is 0.149. The first kappa shape index (κ1) is 17.0. The molecule has 24 heavy (non-hydrogen) atoms. The molecule has 1 unspecified atom stereocenters. The quantitative estimate of drug-likeness (QED) is 0.821. The van der Waals surface area contributed by atoms with Crippen LogP contribution in [0.4, 0.5) is 0 Å². The summed E-state index contributed by atoms with van der Waals surface area (Å²) in [6, 6.07) is 8.68. The molecule has 5 nitrogen and oxygen atoms in total. The van der Waals surface area contributed by atoms with Crippen molar-refractivity contribution >= 4 is 16.9 Å². The number of aryl methyl sites for hydroxylation is 1. The lowest BCUT2D eigenvalue weighted by atomic mass is 10.0. The Morgan fingerprint density at radius 2 is 2.25 bits per heavy atom. The van der Waals surface area contributed by atoms with Gasteiger partial charge in [0.05, 0.1) is 11.0 Å². The minimum Gasteiger partial charge on any atom is -0.355 e. The topological polar surface area (TPSA) is 61.0 Å². The van der Waals surface area contributed by atoms with Crippen LogP contribution in [-0.4, -0.2) is 46.5 Å². The summed E-state index contributed by atoms with van der Waals surface area (Å²) in [5, 5.41) is 3.05. The molecule has 1 saturated heterocycles. The van der Waals surface area contributed by atoms with Crippen LogP contribution < -0.4 is 5.32 Å². The highest BCUT2D eigenvalue weighted by molar-refractivity contribution is 5.76. The van der Waals surface area contributed by atoms with E-state index in [4.69, 9.17) is 0 Å². The molecule has 2 N–H and O–H groups in total. The van der Waals surface area contributed by atoms with Gasteiger partial charge < -0.3 is 10.3 Å². The Hall–Kier alpha value is -1.88. The van der Waals surface area contributed by atoms with Crippen molar-refractivity contribution in [3.8, 4) is 0 Å². The first-order chi connectivity index (χ1) is 11.7. The number of likely N-dealkylation sites (tertiary alicyclic amines) is 1. The van der Waals surface area contributed by atoms with Crippen LogP contribution in [0.1, 0.15) is 44.9 Å². The van der Waals surface area contributed by atoms with E-state index in [1.54, 1.807) is 0 Å². The fraction of sp³-hybridized carbons (Fsp3) is 0.579. The van der Waals surface area contributed by atoms with Gasteiger partial charge in [-0.2, -0.15) is 0 Å². The Morgan fingerprint density at radius 3 is 3.08 bits per heavy atom. The molecule has 0 aliphatic carbocycles. The number of amides is 1. The Morgan fingerprint density at radius 1 is 1.38 bits per heavy atom. The maximum absolute atomic E-state index is 12.0. The van der Waals surface area contributed by atoms with Gasteiger partial charge in [-0.25, -0.2) is 4.98 Å². The lowest BCUT2D eigenvalue weighted by Crippen LogP contribution is -2.42. The maximum Gasteiger partial charge on any atom is 0.220 e. The normalized spacial score (nSPS) is 18.8. The first-order valence-electron chi connectivity index (χ1n) is 9.17. The third kappa shape index (κ3) is 4.57. The zero-order valence-corrected chi connectivity index (χ0v) is 14.6. The number of carbonyl (C=O) groups excluding carboxylic acids is 1. The van der Waals surface area contributed by atoms with Crippen LogP contribution in [0.25, 0.3) is 11.0 Å². The van der Waals surface area contributed by atoms with Gasteiger partial charge in [-0.05, 0) is 44.9 Å². The second kappa shape index (κ2) is 8.29. The highest BCUT2D eigenvalue weighted by Crippen LogP contribution is 2.15. The van der Waals surface area contributed by atoms with Gasteiger partial charge in [-0.1, -0.05) is 18.6 Å². The van der Waals surface area contributed by atoms with Gasteiger partial charge in [0.25, 0.3) is 0 Å². The number of fused-ring (bicyclic) bond motifs is 1. The number of rotatable bonds is 7. The lowest BCUT2D eigenvalue weighted by molar-refractivity contribution is -0.121. The monoisotopic (exact) mass is 328 g/mol. The molecule has 0 saturated carbocycles. The standard InChI is InChI=1S/C19H28N4O/c1-15-7-4-5-13-23(15)14-12-20-19(24)11-6-10-18-21-16-8-2-3-9-17(16)22-18/h2-3,8-9,15H,4-7,10-14H2,1H3,(H,20,24)(H,21,22). The molecule has 1 atom stereocenters. The molecule has 1 aromatic heterocycles. The molecule has 1 aromatic carbocycles. The summed E-state index contributed by atoms with van der Waals surface area (Å²) in [7, 11) is 0. The molecule has 1 fully saturated rings. The predicted molar refractivity (Wildman–Crippen MR) is 96.9 cm³/mol. The number of carbonyl (C=O) groups is 1. The van der Waals surface area contributed by atoms with Crippen LogP contribution in [0.2, 0.25) is 0 Å². The van der Waals surface area contributed by atoms with E-state index in [1.165, 1.54) is 25.8 Å². The molecule has 0 bridgehead atoms. The van der Waals surface area contributed by atoms with E-state index in [0.717, 1.165) is 42.8 Å². The summed E-state index contributed by atoms with van der Waals surface area (Å²) >= 11 is 0. The smallest absolute Gasteiger partial charge is 0.220 e. The summed E-state index contributed by atoms with van der Waals surface area (Å²) in [4.78, 5) is 22.3. The van der Waals surface area contributed by atoms with Crippen molar-refractivity contribution in [1.82, 2.24) is 20.2 Å². The number of H-pyrrole nitrogens is 1. The zero-order valence-electron chi connectivity index (χ0n) is 14.6. The average Bonchev–Trinajstić information content (AvgIpc) is 2.99. The van der Waals surface area contributed by atoms with Crippen LogP contribution in [0.15, 0.2) is 24.3 Å². The van der Waals surface area contributed by atoms with Gasteiger partial charge in [0.15, 0.2) is 0 Å². The number of aromatic nitrogens is 2. The zero-order chi connectivity index (χ0) is 16.8. The van der Waals surface area contributed by atoms with Crippen molar-refractivity contribution in [2.24, 2.45) is 0 Å². The molecule has 1 aliphatic rings. The Bertz CT molecular complexity index is 633. The summed E-state index contributed by atoms with van der Waals surface area (Å²) in [6.07, 6.45) is 6.11. The van der Waals surface area contributed by atoms with Crippen LogP contribution in [0, 0.1) is 0 Å². The average molecular weight is 328 g/mol. The summed E-state index contributed by atoms with van der Waals surface area (Å²) in [5.41, 5.74) is 2.06. The van der Waals surface area contributed by atoms with Crippen molar-refractivity contribution in [2.75, 3.05) is 19.6 Å². The van der Waals surface area contributed by atoms with Gasteiger partial charge in [0, 0.05) is 32.0 Å². The number of nitrogens with zero attached hydrogens (tertiary/aromatic N) is 2. The first-order valence-corrected chi connectivity index (χ1v) is 9.17. The maximum atomic E-state index is 12.0. The largest absolute Gasteiger partial charge is 0.355 e. The van der Waals surface area contributed by atoms with Crippen molar-refractivity contribution in [2.45, 2.75) is 51.5 Å². The number of hydrogen-bond acceptors (Lipinski definition) is 3. The molecule has 1 amide bonds. The van der Waals surface area contributed by atoms with Crippen molar-refractivity contribution < 1.29 is 4.79 Å². The van der Waals surface area contributed by atoms with Crippen LogP contribution in [0.3, 0.4) is 0 Å². The van der Waals surface area contributed by atoms with Gasteiger partial charge in [0.1, 0.15) is 5.82 Å². The van der Waals surface area contributed by atoms with Gasteiger partial charge >= 0.3 is 0 Å². The summed E-state index contributed by atoms with van der Waals surface area (Å²) < 4.78 is 0. The molecule has 5 heteroatoms. The summed E-state index contributed by atoms with van der Waals surface area (Å²) in [6.45, 7) is 5.18. The Labute approximate surface area is 143 Å². The molecule has 0 spiro atoms. The number of hydrogen-bond donors (Lipinski definition) is 2. The minimum absolute atomic E-state index is 0.149. The molecule has 1 aliphatic heterocycles. The van der Waals surface area contributed by atoms with Crippen LogP contribution >= 0.6 is 0 Å². The fourth-order valence-corrected chi connectivity index (χ4v) is 3.46. The number of aromatic amines is 1. The molecular weight excluding hydrogens is 300 g/mol. The number of benzene rings is 1. The predicted octanol–water partition coefficient (Wildman–Crippen LogP) is 2.88. The van der Waals surface area contributed by atoms with E-state index in [1.807, 2.05) is 24.3 Å². The number of piperidine rings is 1. The number of nitrogens with one attached hydrogen (secondary N) is 2. The number of imidazole rings is 1. The second-order valence-electron chi connectivity index (χ2n) is 6.78. The Kier molecular flexibility index (Phi) is 5.86. The highest BCUT2D eigenvalue weighted by Gasteiger charge is 2.17. The fourth-order valence-electron chi connectivity index (χ4n) is 3.46. The third-order valence-electron chi connectivity index (χ3n) is 4.92. The third-order valence-corrected chi connectivity index (χ3v) is 4.92. The van der Waals surface area contributed by atoms with Gasteiger partial charge in [0.2, 0.25) is 5.91 Å². The van der Waals surface area contributed by atoms with E-state index in [-0.39, 0.29) is 5.91 Å². The molecule has 3 rings (SSSR count). The van der Waals surface area contributed by atoms with E-state index in [0.29, 0.717) is 12.5 Å². The molecule has 2 heterocycles. The molecular formula is C19H28N4O. The SMILES string of the molecule is CC1CCCCN1CCNC(=O)CCCc1nc2ccccc2[nH]1. The van der Waals surface area contributed by atoms with Crippen molar-refractivity contribution in [3.63, 3.8) is 0 Å². The van der Waals surface area contributed by atoms with Crippen LogP contribution in [0.5, 0.6) is 0 Å². The Balaban J connectivity index is 1.33. The molecule has 2 aromatic rings.